The van der Waals surface area contributed by atoms with Gasteiger partial charge in [0.2, 0.25) is 11.7 Å². The fraction of sp³-hybridized carbons (Fsp3) is 0.529. The molecule has 3 aromatic carbocycles. The third kappa shape index (κ3) is 7.90. The van der Waals surface area contributed by atoms with Gasteiger partial charge in [-0.2, -0.15) is 0 Å². The summed E-state index contributed by atoms with van der Waals surface area (Å²) in [5.74, 6) is 2.77. The van der Waals surface area contributed by atoms with Crippen LogP contribution in [-0.2, 0) is 17.6 Å². The molecule has 6 aliphatic rings. The number of carbonyl (C=O) groups excluding carboxylic acids is 2. The fourth-order valence-corrected chi connectivity index (χ4v) is 12.8. The first-order valence-electron chi connectivity index (χ1n) is 21.9. The number of rotatable bonds is 10. The zero-order valence-corrected chi connectivity index (χ0v) is 36.7. The number of ketones is 1. The second kappa shape index (κ2) is 16.5. The maximum absolute atomic E-state index is 14.8. The molecule has 314 valence electrons. The van der Waals surface area contributed by atoms with Gasteiger partial charge in [-0.1, -0.05) is 68.8 Å². The molecule has 8 heteroatoms. The highest BCUT2D eigenvalue weighted by atomic mass is 32.1. The van der Waals surface area contributed by atoms with Crippen molar-refractivity contribution in [3.05, 3.63) is 106 Å². The first-order valence-corrected chi connectivity index (χ1v) is 22.8. The zero-order chi connectivity index (χ0) is 41.7. The fourth-order valence-electron chi connectivity index (χ4n) is 11.7. The van der Waals surface area contributed by atoms with Crippen molar-refractivity contribution in [3.8, 4) is 11.5 Å². The number of aliphatic hydroxyl groups excluding tert-OH is 1. The summed E-state index contributed by atoms with van der Waals surface area (Å²) in [6.45, 7) is 10.0. The van der Waals surface area contributed by atoms with Gasteiger partial charge in [-0.3, -0.25) is 9.59 Å². The van der Waals surface area contributed by atoms with Crippen LogP contribution in [0.5, 0.6) is 11.5 Å². The minimum atomic E-state index is -1.21. The van der Waals surface area contributed by atoms with E-state index < -0.39 is 17.1 Å². The number of carbonyl (C=O) groups is 2. The smallest absolute Gasteiger partial charge is 0.227 e. The number of hydrogen-bond acceptors (Lipinski definition) is 7. The molecule has 4 saturated carbocycles. The number of methoxy groups -OCH3 is 2. The van der Waals surface area contributed by atoms with Gasteiger partial charge >= 0.3 is 0 Å². The summed E-state index contributed by atoms with van der Waals surface area (Å²) >= 11 is 1.52. The molecule has 7 atom stereocenters. The number of allylic oxidation sites excluding steroid dienone is 2. The molecule has 4 fully saturated rings. The Morgan fingerprint density at radius 3 is 2.46 bits per heavy atom. The number of amides is 1. The Morgan fingerprint density at radius 1 is 0.915 bits per heavy atom. The zero-order valence-electron chi connectivity index (χ0n) is 35.9. The van der Waals surface area contributed by atoms with Crippen LogP contribution in [0.15, 0.2) is 78.4 Å². The number of hydrogen-bond donors (Lipinski definition) is 2. The largest absolute Gasteiger partial charge is 0.493 e. The Bertz CT molecular complexity index is 2200. The van der Waals surface area contributed by atoms with Crippen molar-refractivity contribution < 1.29 is 29.3 Å². The normalized spacial score (nSPS) is 28.9. The van der Waals surface area contributed by atoms with Crippen LogP contribution in [0.25, 0.3) is 10.1 Å². The summed E-state index contributed by atoms with van der Waals surface area (Å²) in [5.41, 5.74) is 3.05. The maximum atomic E-state index is 14.8. The van der Waals surface area contributed by atoms with Crippen molar-refractivity contribution in [3.63, 3.8) is 0 Å². The Morgan fingerprint density at radius 2 is 1.71 bits per heavy atom. The number of nitrogens with zero attached hydrogens (tertiary/aromatic N) is 1. The molecule has 1 amide bonds. The highest BCUT2D eigenvalue weighted by Crippen LogP contribution is 2.62. The molecule has 0 aliphatic heterocycles. The van der Waals surface area contributed by atoms with E-state index in [0.29, 0.717) is 72.4 Å². The van der Waals surface area contributed by atoms with Gasteiger partial charge in [0.1, 0.15) is 0 Å². The van der Waals surface area contributed by atoms with Crippen molar-refractivity contribution in [2.75, 3.05) is 27.3 Å². The second-order valence-corrected chi connectivity index (χ2v) is 20.3. The molecule has 2 N–H and O–H groups in total. The van der Waals surface area contributed by atoms with Gasteiger partial charge in [0.15, 0.2) is 11.5 Å². The number of aliphatic hydroxyl groups is 2. The van der Waals surface area contributed by atoms with Crippen molar-refractivity contribution >= 4 is 33.1 Å². The number of benzene rings is 3. The summed E-state index contributed by atoms with van der Waals surface area (Å²) in [7, 11) is 3.22. The van der Waals surface area contributed by atoms with Crippen LogP contribution < -0.4 is 9.47 Å². The lowest BCUT2D eigenvalue weighted by Crippen LogP contribution is -2.58. The average molecular weight is 818 g/mol. The molecule has 59 heavy (non-hydrogen) atoms. The van der Waals surface area contributed by atoms with Crippen molar-refractivity contribution in [1.82, 2.24) is 4.90 Å². The van der Waals surface area contributed by atoms with Crippen LogP contribution in [0.3, 0.4) is 0 Å². The molecule has 7 unspecified atom stereocenters. The Labute approximate surface area is 354 Å². The van der Waals surface area contributed by atoms with Crippen molar-refractivity contribution in [2.45, 2.75) is 116 Å². The van der Waals surface area contributed by atoms with Gasteiger partial charge in [-0.25, -0.2) is 0 Å². The van der Waals surface area contributed by atoms with Gasteiger partial charge in [0.25, 0.3) is 0 Å². The quantitative estimate of drug-likeness (QED) is 0.122. The molecular weight excluding hydrogens is 755 g/mol. The molecule has 1 heterocycles. The molecule has 4 bridgehead atoms. The Balaban J connectivity index is 1.18. The lowest BCUT2D eigenvalue weighted by atomic mass is 9.45. The summed E-state index contributed by atoms with van der Waals surface area (Å²) in [6, 6.07) is 22.0. The highest BCUT2D eigenvalue weighted by molar-refractivity contribution is 7.21. The van der Waals surface area contributed by atoms with E-state index in [4.69, 9.17) is 9.47 Å². The van der Waals surface area contributed by atoms with Crippen LogP contribution in [0.4, 0.5) is 0 Å². The van der Waals surface area contributed by atoms with E-state index in [0.717, 1.165) is 52.0 Å². The topological polar surface area (TPSA) is 96.3 Å². The molecule has 0 spiro atoms. The average Bonchev–Trinajstić information content (AvgIpc) is 3.77. The predicted octanol–water partition coefficient (Wildman–Crippen LogP) is 10.3. The summed E-state index contributed by atoms with van der Waals surface area (Å²) < 4.78 is 12.2. The number of thiophene rings is 1. The minimum Gasteiger partial charge on any atom is -0.493 e. The van der Waals surface area contributed by atoms with Gasteiger partial charge in [-0.05, 0) is 153 Å². The monoisotopic (exact) mass is 817 g/mol. The number of fused-ring (bicyclic) bond motifs is 11. The Hall–Kier alpha value is -3.98. The maximum Gasteiger partial charge on any atom is 0.227 e. The number of ether oxygens (including phenoxy) is 2. The molecule has 1 aromatic heterocycles. The van der Waals surface area contributed by atoms with E-state index in [2.05, 4.69) is 52.0 Å². The molecule has 10 rings (SSSR count). The highest BCUT2D eigenvalue weighted by Gasteiger charge is 2.59. The van der Waals surface area contributed by atoms with Crippen molar-refractivity contribution in [2.24, 2.45) is 28.6 Å². The van der Waals surface area contributed by atoms with E-state index in [1.807, 2.05) is 53.4 Å². The van der Waals surface area contributed by atoms with Gasteiger partial charge in [0.05, 0.1) is 37.2 Å². The van der Waals surface area contributed by atoms with E-state index in [1.54, 1.807) is 14.2 Å². The first-order chi connectivity index (χ1) is 28.2. The van der Waals surface area contributed by atoms with Gasteiger partial charge < -0.3 is 24.6 Å². The van der Waals surface area contributed by atoms with Crippen LogP contribution in [0.2, 0.25) is 0 Å². The molecule has 0 saturated heterocycles. The SMILES string of the molecule is COc1ccc(CC(=O)N(CC2CCC3CC2C3(C)C)CC2(O)CCC3c4ccc(cc4C(=O)c4cc5ccccc5s4)CC(O)CCC(C)=CCCC32C)cc1OC. The molecule has 6 aliphatic carbocycles. The third-order valence-electron chi connectivity index (χ3n) is 15.6. The van der Waals surface area contributed by atoms with Crippen LogP contribution in [0.1, 0.15) is 123 Å². The molecular formula is C51H63NO6S. The van der Waals surface area contributed by atoms with Crippen LogP contribution in [-0.4, -0.2) is 65.8 Å². The Kier molecular flexibility index (Phi) is 11.7. The molecule has 4 aromatic rings. The minimum absolute atomic E-state index is 0.0106. The third-order valence-corrected chi connectivity index (χ3v) is 16.7. The van der Waals surface area contributed by atoms with Crippen LogP contribution >= 0.6 is 11.3 Å². The van der Waals surface area contributed by atoms with Crippen LogP contribution in [0, 0.1) is 28.6 Å². The van der Waals surface area contributed by atoms with E-state index in [9.17, 15) is 19.8 Å². The lowest BCUT2D eigenvalue weighted by molar-refractivity contribution is -0.149. The van der Waals surface area contributed by atoms with E-state index >= 15 is 0 Å². The van der Waals surface area contributed by atoms with Gasteiger partial charge in [-0.15, -0.1) is 11.3 Å². The van der Waals surface area contributed by atoms with E-state index in [1.165, 1.54) is 29.8 Å². The summed E-state index contributed by atoms with van der Waals surface area (Å²) in [4.78, 5) is 32.3. The second-order valence-electron chi connectivity index (χ2n) is 19.3. The lowest BCUT2D eigenvalue weighted by Gasteiger charge is -2.61. The molecule has 7 nitrogen and oxygen atoms in total. The van der Waals surface area contributed by atoms with Gasteiger partial charge in [0, 0.05) is 28.8 Å². The predicted molar refractivity (Wildman–Crippen MR) is 237 cm³/mol. The van der Waals surface area contributed by atoms with Crippen molar-refractivity contribution in [1.29, 1.82) is 0 Å². The first kappa shape index (κ1) is 41.7. The standard InChI is InChI=1S/C51H63NO6S/c1-32-10-9-22-50(4)41(39-19-14-33(24-38(53)18-13-32)25-40(39)48(55)46-28-35-11-7-8-12-45(35)59-46)21-23-51(50,56)31-52(30-36-16-17-37-29-42(36)49(37,2)3)47(54)27-34-15-20-43(57-5)44(26-34)58-6/h7-8,10-12,14-15,19-20,25-26,28,36-38,41-42,53,56H,9,13,16-18,21-24,27,29-31H2,1-6H3. The molecule has 0 radical (unpaired) electrons. The summed E-state index contributed by atoms with van der Waals surface area (Å²) in [5, 5.41) is 25.6. The van der Waals surface area contributed by atoms with E-state index in [-0.39, 0.29) is 36.0 Å². The summed E-state index contributed by atoms with van der Waals surface area (Å²) in [6.07, 6.45) is 10.1.